The Hall–Kier alpha value is -3.74. The van der Waals surface area contributed by atoms with E-state index in [4.69, 9.17) is 4.74 Å². The Morgan fingerprint density at radius 1 is 1.18 bits per heavy atom. The van der Waals surface area contributed by atoms with E-state index in [-0.39, 0.29) is 17.9 Å². The summed E-state index contributed by atoms with van der Waals surface area (Å²) in [5.41, 5.74) is 2.14. The quantitative estimate of drug-likeness (QED) is 0.544. The zero-order valence-corrected chi connectivity index (χ0v) is 15.5. The van der Waals surface area contributed by atoms with Gasteiger partial charge in [-0.2, -0.15) is 0 Å². The van der Waals surface area contributed by atoms with E-state index >= 15 is 0 Å². The average molecular weight is 377 g/mol. The molecule has 3 aromatic rings. The summed E-state index contributed by atoms with van der Waals surface area (Å²) in [6.07, 6.45) is 3.15. The number of pyridine rings is 1. The van der Waals surface area contributed by atoms with Crippen molar-refractivity contribution in [2.75, 3.05) is 0 Å². The van der Waals surface area contributed by atoms with Crippen molar-refractivity contribution in [3.05, 3.63) is 87.6 Å². The van der Waals surface area contributed by atoms with Crippen molar-refractivity contribution in [1.82, 2.24) is 14.7 Å². The predicted octanol–water partition coefficient (Wildman–Crippen LogP) is 2.22. The van der Waals surface area contributed by atoms with E-state index in [9.17, 15) is 14.4 Å². The van der Waals surface area contributed by atoms with E-state index < -0.39 is 11.9 Å². The van der Waals surface area contributed by atoms with Crippen molar-refractivity contribution in [3.8, 4) is 0 Å². The smallest absolute Gasteiger partial charge is 0.355 e. The zero-order chi connectivity index (χ0) is 20.1. The molecular weight excluding hydrogens is 358 g/mol. The number of nitrogens with one attached hydrogen (secondary N) is 1. The standard InChI is InChI=1S/C21H19N3O4/c1-14-7-6-10-24-19(26)12-17(23-20(14)24)13-28-21(27)18(22-15(2)25)11-16-8-4-3-5-9-16/h3-12H,13H2,1-2H3,(H,22,25)/b18-11-. The minimum atomic E-state index is -0.717. The molecule has 0 aliphatic rings. The molecule has 1 amide bonds. The summed E-state index contributed by atoms with van der Waals surface area (Å²) < 4.78 is 6.70. The highest BCUT2D eigenvalue weighted by atomic mass is 16.5. The third kappa shape index (κ3) is 4.50. The molecule has 2 heterocycles. The second-order valence-corrected chi connectivity index (χ2v) is 6.20. The number of hydrogen-bond acceptors (Lipinski definition) is 5. The number of rotatable bonds is 5. The normalized spacial score (nSPS) is 11.3. The lowest BCUT2D eigenvalue weighted by atomic mass is 10.2. The van der Waals surface area contributed by atoms with Crippen molar-refractivity contribution in [2.45, 2.75) is 20.5 Å². The van der Waals surface area contributed by atoms with Crippen LogP contribution in [0.15, 0.2) is 65.2 Å². The lowest BCUT2D eigenvalue weighted by Crippen LogP contribution is -2.26. The number of aromatic nitrogens is 2. The van der Waals surface area contributed by atoms with Gasteiger partial charge in [0, 0.05) is 19.2 Å². The van der Waals surface area contributed by atoms with E-state index in [0.717, 1.165) is 11.1 Å². The van der Waals surface area contributed by atoms with Crippen LogP contribution < -0.4 is 10.9 Å². The molecule has 3 rings (SSSR count). The van der Waals surface area contributed by atoms with Gasteiger partial charge in [-0.25, -0.2) is 9.78 Å². The lowest BCUT2D eigenvalue weighted by molar-refractivity contribution is -0.141. The minimum Gasteiger partial charge on any atom is -0.455 e. The van der Waals surface area contributed by atoms with Gasteiger partial charge in [0.1, 0.15) is 18.0 Å². The molecular formula is C21H19N3O4. The molecule has 0 fully saturated rings. The molecule has 1 N–H and O–H groups in total. The zero-order valence-electron chi connectivity index (χ0n) is 15.5. The minimum absolute atomic E-state index is 0.00684. The molecule has 2 aromatic heterocycles. The predicted molar refractivity (Wildman–Crippen MR) is 104 cm³/mol. The van der Waals surface area contributed by atoms with Gasteiger partial charge in [-0.1, -0.05) is 36.4 Å². The second kappa shape index (κ2) is 8.30. The van der Waals surface area contributed by atoms with Gasteiger partial charge in [0.2, 0.25) is 5.91 Å². The van der Waals surface area contributed by atoms with Crippen LogP contribution in [0.25, 0.3) is 11.7 Å². The first-order chi connectivity index (χ1) is 13.4. The third-order valence-electron chi connectivity index (χ3n) is 3.93. The topological polar surface area (TPSA) is 89.8 Å². The summed E-state index contributed by atoms with van der Waals surface area (Å²) in [6, 6.07) is 14.0. The summed E-state index contributed by atoms with van der Waals surface area (Å²) in [6.45, 7) is 2.96. The van der Waals surface area contributed by atoms with Crippen LogP contribution in [0.5, 0.6) is 0 Å². The van der Waals surface area contributed by atoms with Crippen molar-refractivity contribution < 1.29 is 14.3 Å². The van der Waals surface area contributed by atoms with Crippen LogP contribution in [0.3, 0.4) is 0 Å². The number of fused-ring (bicyclic) bond motifs is 1. The van der Waals surface area contributed by atoms with E-state index in [2.05, 4.69) is 10.3 Å². The number of hydrogen-bond donors (Lipinski definition) is 1. The van der Waals surface area contributed by atoms with Crippen LogP contribution in [0.4, 0.5) is 0 Å². The van der Waals surface area contributed by atoms with Gasteiger partial charge in [-0.15, -0.1) is 0 Å². The van der Waals surface area contributed by atoms with Crippen LogP contribution in [0, 0.1) is 6.92 Å². The lowest BCUT2D eigenvalue weighted by Gasteiger charge is -2.10. The van der Waals surface area contributed by atoms with Crippen LogP contribution >= 0.6 is 0 Å². The largest absolute Gasteiger partial charge is 0.455 e. The van der Waals surface area contributed by atoms with Gasteiger partial charge in [-0.05, 0) is 30.2 Å². The number of ether oxygens (including phenoxy) is 1. The molecule has 0 saturated heterocycles. The highest BCUT2D eigenvalue weighted by Gasteiger charge is 2.14. The number of nitrogens with zero attached hydrogens (tertiary/aromatic N) is 2. The van der Waals surface area contributed by atoms with Crippen LogP contribution in [-0.2, 0) is 20.9 Å². The molecule has 1 aromatic carbocycles. The van der Waals surface area contributed by atoms with Crippen molar-refractivity contribution >= 4 is 23.6 Å². The molecule has 0 unspecified atom stereocenters. The number of carbonyl (C=O) groups is 2. The first-order valence-corrected chi connectivity index (χ1v) is 8.63. The molecule has 0 bridgehead atoms. The van der Waals surface area contributed by atoms with Crippen LogP contribution in [0.1, 0.15) is 23.7 Å². The van der Waals surface area contributed by atoms with Gasteiger partial charge in [0.15, 0.2) is 0 Å². The second-order valence-electron chi connectivity index (χ2n) is 6.20. The molecule has 7 heteroatoms. The van der Waals surface area contributed by atoms with E-state index in [1.165, 1.54) is 23.5 Å². The van der Waals surface area contributed by atoms with E-state index in [0.29, 0.717) is 11.3 Å². The molecule has 0 aliphatic heterocycles. The molecule has 7 nitrogen and oxygen atoms in total. The Morgan fingerprint density at radius 2 is 1.93 bits per heavy atom. The first kappa shape index (κ1) is 19.0. The van der Waals surface area contributed by atoms with Crippen molar-refractivity contribution in [1.29, 1.82) is 0 Å². The van der Waals surface area contributed by atoms with Crippen molar-refractivity contribution in [2.24, 2.45) is 0 Å². The molecule has 0 radical (unpaired) electrons. The fourth-order valence-corrected chi connectivity index (χ4v) is 2.65. The van der Waals surface area contributed by atoms with Gasteiger partial charge >= 0.3 is 5.97 Å². The molecule has 142 valence electrons. The fourth-order valence-electron chi connectivity index (χ4n) is 2.65. The summed E-state index contributed by atoms with van der Waals surface area (Å²) >= 11 is 0. The maximum Gasteiger partial charge on any atom is 0.355 e. The summed E-state index contributed by atoms with van der Waals surface area (Å²) in [5.74, 6) is -1.11. The number of aryl methyl sites for hydroxylation is 1. The number of benzene rings is 1. The Kier molecular flexibility index (Phi) is 5.64. The maximum absolute atomic E-state index is 12.5. The monoisotopic (exact) mass is 377 g/mol. The Balaban J connectivity index is 1.82. The van der Waals surface area contributed by atoms with Gasteiger partial charge in [0.05, 0.1) is 5.69 Å². The average Bonchev–Trinajstić information content (AvgIpc) is 2.67. The number of carbonyl (C=O) groups excluding carboxylic acids is 2. The Labute approximate surface area is 161 Å². The fraction of sp³-hybridized carbons (Fsp3) is 0.143. The number of amides is 1. The summed E-state index contributed by atoms with van der Waals surface area (Å²) in [4.78, 5) is 40.5. The van der Waals surface area contributed by atoms with Gasteiger partial charge in [-0.3, -0.25) is 14.0 Å². The molecule has 28 heavy (non-hydrogen) atoms. The van der Waals surface area contributed by atoms with Gasteiger partial charge in [0.25, 0.3) is 5.56 Å². The third-order valence-corrected chi connectivity index (χ3v) is 3.93. The van der Waals surface area contributed by atoms with Crippen LogP contribution in [0.2, 0.25) is 0 Å². The highest BCUT2D eigenvalue weighted by molar-refractivity contribution is 5.97. The Bertz CT molecular complexity index is 1120. The summed E-state index contributed by atoms with van der Waals surface area (Å²) in [7, 11) is 0. The maximum atomic E-state index is 12.5. The molecule has 0 spiro atoms. The Morgan fingerprint density at radius 3 is 2.64 bits per heavy atom. The van der Waals surface area contributed by atoms with E-state index in [1.54, 1.807) is 24.4 Å². The molecule has 0 aliphatic carbocycles. The van der Waals surface area contributed by atoms with Gasteiger partial charge < -0.3 is 10.1 Å². The molecule has 0 saturated carbocycles. The summed E-state index contributed by atoms with van der Waals surface area (Å²) in [5, 5.41) is 2.48. The molecule has 0 atom stereocenters. The van der Waals surface area contributed by atoms with E-state index in [1.807, 2.05) is 31.2 Å². The number of esters is 1. The van der Waals surface area contributed by atoms with Crippen LogP contribution in [-0.4, -0.2) is 21.3 Å². The first-order valence-electron chi connectivity index (χ1n) is 8.63. The van der Waals surface area contributed by atoms with Crippen molar-refractivity contribution in [3.63, 3.8) is 0 Å². The SMILES string of the molecule is CC(=O)N/C(=C\c1ccccc1)C(=O)OCc1cc(=O)n2cccc(C)c2n1. The highest BCUT2D eigenvalue weighted by Crippen LogP contribution is 2.09.